The van der Waals surface area contributed by atoms with E-state index in [2.05, 4.69) is 38.1 Å². The van der Waals surface area contributed by atoms with Crippen LogP contribution in [-0.2, 0) is 6.42 Å². The van der Waals surface area contributed by atoms with E-state index in [0.717, 1.165) is 60.3 Å². The van der Waals surface area contributed by atoms with Crippen molar-refractivity contribution in [3.05, 3.63) is 53.9 Å². The Hall–Kier alpha value is -3.72. The third-order valence-corrected chi connectivity index (χ3v) is 6.80. The summed E-state index contributed by atoms with van der Waals surface area (Å²) in [5.74, 6) is 0. The van der Waals surface area contributed by atoms with Crippen molar-refractivity contribution in [2.24, 2.45) is 5.16 Å². The molecule has 2 aromatic heterocycles. The first-order valence-electron chi connectivity index (χ1n) is 11.5. The highest BCUT2D eigenvalue weighted by atomic mass is 16.6. The molecule has 0 bridgehead atoms. The summed E-state index contributed by atoms with van der Waals surface area (Å²) in [5, 5.41) is 12.7. The zero-order valence-corrected chi connectivity index (χ0v) is 19.4. The molecule has 0 unspecified atom stereocenters. The number of H-pyrrole nitrogens is 1. The second-order valence-corrected chi connectivity index (χ2v) is 8.93. The van der Waals surface area contributed by atoms with E-state index in [4.69, 9.17) is 4.74 Å². The first-order chi connectivity index (χ1) is 16.5. The van der Waals surface area contributed by atoms with Crippen LogP contribution in [0.1, 0.15) is 30.4 Å². The molecular formula is C25H28N6O3. The molecule has 1 aliphatic heterocycles. The number of rotatable bonds is 4. The number of fused-ring (bicyclic) bond motifs is 1. The van der Waals surface area contributed by atoms with Crippen molar-refractivity contribution in [2.45, 2.75) is 31.7 Å². The van der Waals surface area contributed by atoms with Gasteiger partial charge in [0.15, 0.2) is 0 Å². The molecule has 1 fully saturated rings. The Balaban J connectivity index is 1.44. The Morgan fingerprint density at radius 2 is 1.94 bits per heavy atom. The van der Waals surface area contributed by atoms with Crippen LogP contribution in [0.4, 0.5) is 4.79 Å². The number of ether oxygens (including phenoxy) is 1. The summed E-state index contributed by atoms with van der Waals surface area (Å²) in [4.78, 5) is 28.8. The molecule has 0 saturated carbocycles. The van der Waals surface area contributed by atoms with Gasteiger partial charge in [-0.2, -0.15) is 4.98 Å². The van der Waals surface area contributed by atoms with Gasteiger partial charge in [-0.15, -0.1) is 0 Å². The summed E-state index contributed by atoms with van der Waals surface area (Å²) in [6.45, 7) is 1.92. The number of carbonyl (C=O) groups is 1. The maximum atomic E-state index is 12.9. The number of piperidine rings is 1. The monoisotopic (exact) mass is 460 g/mol. The van der Waals surface area contributed by atoms with E-state index in [9.17, 15) is 10.0 Å². The van der Waals surface area contributed by atoms with Crippen LogP contribution < -0.4 is 4.74 Å². The highest BCUT2D eigenvalue weighted by Crippen LogP contribution is 2.35. The van der Waals surface area contributed by atoms with Gasteiger partial charge in [0, 0.05) is 42.2 Å². The number of likely N-dealkylation sites (tertiary alicyclic amines) is 1. The maximum Gasteiger partial charge on any atom is 0.417 e. The van der Waals surface area contributed by atoms with Crippen molar-refractivity contribution in [2.75, 3.05) is 27.2 Å². The average molecular weight is 461 g/mol. The highest BCUT2D eigenvalue weighted by molar-refractivity contribution is 6.04. The molecule has 0 atom stereocenters. The van der Waals surface area contributed by atoms with Crippen molar-refractivity contribution in [1.29, 1.82) is 0 Å². The molecule has 34 heavy (non-hydrogen) atoms. The Bertz CT molecular complexity index is 1210. The average Bonchev–Trinajstić information content (AvgIpc) is 3.48. The summed E-state index contributed by atoms with van der Waals surface area (Å²) in [6, 6.07) is 10.0. The number of benzene rings is 1. The smallest absolute Gasteiger partial charge is 0.411 e. The molecule has 5 rings (SSSR count). The number of aryl methyl sites for hydroxylation is 1. The van der Waals surface area contributed by atoms with E-state index < -0.39 is 6.09 Å². The molecule has 1 aromatic carbocycles. The first-order valence-corrected chi connectivity index (χ1v) is 11.5. The molecule has 1 saturated heterocycles. The zero-order chi connectivity index (χ0) is 23.7. The lowest BCUT2D eigenvalue weighted by Gasteiger charge is -2.34. The number of hydrogen-bond donors (Lipinski definition) is 2. The quantitative estimate of drug-likeness (QED) is 0.453. The van der Waals surface area contributed by atoms with Crippen molar-refractivity contribution in [3.8, 4) is 28.5 Å². The van der Waals surface area contributed by atoms with E-state index in [1.165, 1.54) is 0 Å². The standard InChI is InChI=1S/C25H28N6O3/c1-30-13-9-19(10-14-30)31(2)25(32)34-24-27-22(16-7-11-26-12-8-16)23(28-24)18-3-5-20-17(15-18)4-6-21(20)29-33/h3,5,7-8,11-12,15,19,33H,4,6,9-10,13-14H2,1-2H3,(H,27,28). The number of nitrogens with zero attached hydrogens (tertiary/aromatic N) is 5. The van der Waals surface area contributed by atoms with Crippen molar-refractivity contribution >= 4 is 11.8 Å². The molecule has 1 amide bonds. The van der Waals surface area contributed by atoms with E-state index in [0.29, 0.717) is 17.8 Å². The van der Waals surface area contributed by atoms with Crippen LogP contribution in [0.3, 0.4) is 0 Å². The van der Waals surface area contributed by atoms with Gasteiger partial charge in [0.25, 0.3) is 0 Å². The predicted molar refractivity (Wildman–Crippen MR) is 128 cm³/mol. The maximum absolute atomic E-state index is 12.9. The number of aromatic amines is 1. The van der Waals surface area contributed by atoms with Crippen LogP contribution in [0, 0.1) is 0 Å². The number of pyridine rings is 1. The second-order valence-electron chi connectivity index (χ2n) is 8.93. The fraction of sp³-hybridized carbons (Fsp3) is 0.360. The number of oxime groups is 1. The Labute approximate surface area is 198 Å². The van der Waals surface area contributed by atoms with Gasteiger partial charge in [-0.1, -0.05) is 17.3 Å². The third kappa shape index (κ3) is 4.26. The van der Waals surface area contributed by atoms with Crippen LogP contribution in [0.25, 0.3) is 22.5 Å². The fourth-order valence-corrected chi connectivity index (χ4v) is 4.74. The summed E-state index contributed by atoms with van der Waals surface area (Å²) >= 11 is 0. The molecule has 9 nitrogen and oxygen atoms in total. The molecule has 3 heterocycles. The highest BCUT2D eigenvalue weighted by Gasteiger charge is 2.27. The lowest BCUT2D eigenvalue weighted by molar-refractivity contribution is 0.115. The molecule has 2 N–H and O–H groups in total. The molecular weight excluding hydrogens is 432 g/mol. The predicted octanol–water partition coefficient (Wildman–Crippen LogP) is 3.79. The summed E-state index contributed by atoms with van der Waals surface area (Å²) < 4.78 is 5.69. The lowest BCUT2D eigenvalue weighted by Crippen LogP contribution is -2.45. The topological polar surface area (TPSA) is 107 Å². The molecule has 0 radical (unpaired) electrons. The van der Waals surface area contributed by atoms with Gasteiger partial charge >= 0.3 is 12.1 Å². The van der Waals surface area contributed by atoms with Gasteiger partial charge in [-0.05, 0) is 69.6 Å². The van der Waals surface area contributed by atoms with Crippen molar-refractivity contribution in [3.63, 3.8) is 0 Å². The number of amides is 1. The number of nitrogens with one attached hydrogen (secondary N) is 1. The SMILES string of the molecule is CN1CCC(N(C)C(=O)Oc2nc(-c3ccc4c(c3)CCC4=NO)c(-c3ccncc3)[nH]2)CC1. The van der Waals surface area contributed by atoms with Gasteiger partial charge < -0.3 is 24.7 Å². The number of imidazole rings is 1. The van der Waals surface area contributed by atoms with Crippen molar-refractivity contribution in [1.82, 2.24) is 24.8 Å². The summed E-state index contributed by atoms with van der Waals surface area (Å²) in [5.41, 5.74) is 5.99. The number of carbonyl (C=O) groups excluding carboxylic acids is 1. The molecule has 0 spiro atoms. The lowest BCUT2D eigenvalue weighted by atomic mass is 10.0. The minimum Gasteiger partial charge on any atom is -0.411 e. The van der Waals surface area contributed by atoms with Crippen LogP contribution in [0.5, 0.6) is 6.01 Å². The third-order valence-electron chi connectivity index (χ3n) is 6.80. The molecule has 1 aliphatic carbocycles. The first kappa shape index (κ1) is 22.1. The summed E-state index contributed by atoms with van der Waals surface area (Å²) in [6.07, 6.45) is 6.36. The van der Waals surface area contributed by atoms with E-state index in [1.807, 2.05) is 24.3 Å². The Morgan fingerprint density at radius 3 is 2.68 bits per heavy atom. The Kier molecular flexibility index (Phi) is 6.02. The van der Waals surface area contributed by atoms with Crippen LogP contribution in [0.15, 0.2) is 47.9 Å². The minimum atomic E-state index is -0.422. The molecule has 9 heteroatoms. The van der Waals surface area contributed by atoms with Crippen LogP contribution in [0.2, 0.25) is 0 Å². The normalized spacial score (nSPS) is 17.6. The molecule has 2 aliphatic rings. The van der Waals surface area contributed by atoms with Gasteiger partial charge in [0.2, 0.25) is 0 Å². The fourth-order valence-electron chi connectivity index (χ4n) is 4.74. The van der Waals surface area contributed by atoms with Gasteiger partial charge in [-0.25, -0.2) is 4.79 Å². The Morgan fingerprint density at radius 1 is 1.18 bits per heavy atom. The number of hydrogen-bond acceptors (Lipinski definition) is 7. The molecule has 176 valence electrons. The number of aromatic nitrogens is 3. The van der Waals surface area contributed by atoms with Gasteiger partial charge in [0.1, 0.15) is 5.69 Å². The van der Waals surface area contributed by atoms with Crippen LogP contribution >= 0.6 is 0 Å². The van der Waals surface area contributed by atoms with Crippen LogP contribution in [-0.4, -0.2) is 75.0 Å². The van der Waals surface area contributed by atoms with Crippen molar-refractivity contribution < 1.29 is 14.7 Å². The van der Waals surface area contributed by atoms with E-state index in [1.54, 1.807) is 24.3 Å². The minimum absolute atomic E-state index is 0.150. The second kappa shape index (κ2) is 9.26. The molecule has 3 aromatic rings. The zero-order valence-electron chi connectivity index (χ0n) is 19.4. The van der Waals surface area contributed by atoms with E-state index in [-0.39, 0.29) is 12.1 Å². The van der Waals surface area contributed by atoms with Gasteiger partial charge in [-0.3, -0.25) is 4.98 Å². The largest absolute Gasteiger partial charge is 0.417 e. The van der Waals surface area contributed by atoms with Gasteiger partial charge in [0.05, 0.1) is 11.4 Å². The summed E-state index contributed by atoms with van der Waals surface area (Å²) in [7, 11) is 3.88. The van der Waals surface area contributed by atoms with E-state index >= 15 is 0 Å².